The quantitative estimate of drug-likeness (QED) is 0.259. The zero-order valence-electron chi connectivity index (χ0n) is 23.5. The molecular weight excluding hydrogens is 436 g/mol. The first kappa shape index (κ1) is 27.1. The van der Waals surface area contributed by atoms with E-state index in [1.165, 1.54) is 11.4 Å². The fourth-order valence-electron chi connectivity index (χ4n) is 4.69. The maximum Gasteiger partial charge on any atom is 0.421 e. The van der Waals surface area contributed by atoms with Gasteiger partial charge in [0.25, 0.3) is 0 Å². The maximum atomic E-state index is 4.81. The summed E-state index contributed by atoms with van der Waals surface area (Å²) < 4.78 is 6.47. The molecule has 0 unspecified atom stereocenters. The number of likely N-dealkylation sites (N-methyl/N-ethyl adjacent to an activating group) is 2. The Morgan fingerprint density at radius 3 is 2.09 bits per heavy atom. The first-order valence-corrected chi connectivity index (χ1v) is 13.3. The van der Waals surface area contributed by atoms with Crippen LogP contribution in [0.4, 0.5) is 23.0 Å². The minimum absolute atomic E-state index is 0.914. The van der Waals surface area contributed by atoms with Gasteiger partial charge in [0.05, 0.1) is 92.2 Å². The van der Waals surface area contributed by atoms with Crippen LogP contribution in [0, 0.1) is 0 Å². The van der Waals surface area contributed by atoms with Crippen molar-refractivity contribution in [2.24, 2.45) is 10.2 Å². The molecule has 1 aliphatic rings. The van der Waals surface area contributed by atoms with Crippen LogP contribution in [0.2, 0.25) is 0 Å². The molecule has 0 N–H and O–H groups in total. The van der Waals surface area contributed by atoms with Gasteiger partial charge in [0, 0.05) is 44.1 Å². The van der Waals surface area contributed by atoms with Gasteiger partial charge in [0.15, 0.2) is 0 Å². The molecule has 0 spiro atoms. The van der Waals surface area contributed by atoms with Gasteiger partial charge in [-0.15, -0.1) is 0 Å². The lowest BCUT2D eigenvalue weighted by molar-refractivity contribution is -0.873. The van der Waals surface area contributed by atoms with Crippen LogP contribution >= 0.6 is 0 Å². The van der Waals surface area contributed by atoms with Crippen molar-refractivity contribution >= 4 is 23.0 Å². The number of hydrogen-bond acceptors (Lipinski definition) is 4. The second-order valence-electron chi connectivity index (χ2n) is 11.8. The van der Waals surface area contributed by atoms with Crippen molar-refractivity contribution in [3.63, 3.8) is 0 Å². The second kappa shape index (κ2) is 11.5. The maximum absolute atomic E-state index is 4.81. The summed E-state index contributed by atoms with van der Waals surface area (Å²) in [5.41, 5.74) is 3.49. The lowest BCUT2D eigenvalue weighted by atomic mass is 10.1. The van der Waals surface area contributed by atoms with Gasteiger partial charge >= 0.3 is 5.95 Å². The predicted octanol–water partition coefficient (Wildman–Crippen LogP) is 4.05. The van der Waals surface area contributed by atoms with Crippen LogP contribution in [0.5, 0.6) is 0 Å². The van der Waals surface area contributed by atoms with Crippen LogP contribution in [-0.2, 0) is 13.1 Å². The Kier molecular flexibility index (Phi) is 8.94. The number of imidazole rings is 1. The van der Waals surface area contributed by atoms with Crippen molar-refractivity contribution in [2.45, 2.75) is 39.8 Å². The molecule has 0 amide bonds. The molecule has 0 saturated heterocycles. The molecule has 1 aliphatic heterocycles. The third kappa shape index (κ3) is 7.77. The van der Waals surface area contributed by atoms with E-state index in [0.29, 0.717) is 0 Å². The number of quaternary nitrogens is 2. The van der Waals surface area contributed by atoms with E-state index in [1.807, 2.05) is 0 Å². The van der Waals surface area contributed by atoms with Crippen molar-refractivity contribution in [1.29, 1.82) is 0 Å². The molecule has 1 aromatic carbocycles. The number of hydrogen-bond donors (Lipinski definition) is 0. The molecule has 8 nitrogen and oxygen atoms in total. The van der Waals surface area contributed by atoms with Gasteiger partial charge in [0.2, 0.25) is 0 Å². The number of rotatable bonds is 12. The molecule has 35 heavy (non-hydrogen) atoms. The number of nitrogens with zero attached hydrogens (tertiary/aromatic N) is 8. The van der Waals surface area contributed by atoms with Gasteiger partial charge in [-0.25, -0.2) is 9.13 Å². The molecule has 8 heteroatoms. The lowest BCUT2D eigenvalue weighted by Crippen LogP contribution is -2.40. The molecule has 0 saturated carbocycles. The van der Waals surface area contributed by atoms with Crippen LogP contribution in [-0.4, -0.2) is 95.1 Å². The molecule has 3 rings (SSSR count). The van der Waals surface area contributed by atoms with Crippen LogP contribution < -0.4 is 14.4 Å². The fourth-order valence-corrected chi connectivity index (χ4v) is 4.69. The van der Waals surface area contributed by atoms with E-state index in [2.05, 4.69) is 106 Å². The van der Waals surface area contributed by atoms with Crippen LogP contribution in [0.25, 0.3) is 0 Å². The lowest BCUT2D eigenvalue weighted by Gasteiger charge is -2.38. The second-order valence-corrected chi connectivity index (χ2v) is 11.8. The van der Waals surface area contributed by atoms with Crippen LogP contribution in [0.15, 0.2) is 40.8 Å². The molecular formula is C27H49N8+3. The third-order valence-electron chi connectivity index (χ3n) is 6.69. The fraction of sp³-hybridized carbons (Fsp3) is 0.667. The Balaban J connectivity index is 1.84. The molecule has 1 aromatic heterocycles. The highest BCUT2D eigenvalue weighted by Gasteiger charge is 2.22. The number of aryl methyl sites for hydroxylation is 2. The Hall–Kier alpha value is -2.45. The zero-order chi connectivity index (χ0) is 25.6. The van der Waals surface area contributed by atoms with Crippen molar-refractivity contribution in [3.05, 3.63) is 30.6 Å². The molecule has 0 radical (unpaired) electrons. The molecule has 2 aromatic rings. The first-order chi connectivity index (χ1) is 16.5. The number of aromatic nitrogens is 2. The molecule has 0 bridgehead atoms. The Morgan fingerprint density at radius 1 is 0.829 bits per heavy atom. The Bertz CT molecular complexity index is 943. The number of fused-ring (bicyclic) bond motifs is 1. The number of benzene rings is 1. The molecule has 0 aliphatic carbocycles. The number of anilines is 2. The van der Waals surface area contributed by atoms with E-state index in [1.54, 1.807) is 0 Å². The van der Waals surface area contributed by atoms with E-state index in [9.17, 15) is 0 Å². The summed E-state index contributed by atoms with van der Waals surface area (Å²) in [6, 6.07) is 6.52. The average molecular weight is 486 g/mol. The largest absolute Gasteiger partial charge is 0.421 e. The van der Waals surface area contributed by atoms with Gasteiger partial charge in [-0.2, -0.15) is 0 Å². The molecule has 0 fully saturated rings. The standard InChI is InChI=1S/C27H49N8/c1-9-30-17-18-31(10-2)26-23-24(13-14-25(26)30)28-29-27-32(15-11-21-34(3,4)5)19-20-33(27)16-12-22-35(6,7)8/h13-14,19-20,23H,9-12,15-18,21-22H2,1-8H3/q+3. The summed E-state index contributed by atoms with van der Waals surface area (Å²) >= 11 is 0. The summed E-state index contributed by atoms with van der Waals surface area (Å²) in [6.45, 7) is 12.8. The van der Waals surface area contributed by atoms with Gasteiger partial charge in [-0.3, -0.25) is 0 Å². The summed E-state index contributed by atoms with van der Waals surface area (Å²) in [4.78, 5) is 4.89. The topological polar surface area (TPSA) is 40.0 Å². The SMILES string of the molecule is CCN1CCN(CC)c2cc(N=Nc3n(CCC[N+](C)(C)C)cc[n+]3CCC[N+](C)(C)C)ccc21. The highest BCUT2D eigenvalue weighted by Crippen LogP contribution is 2.36. The number of azo groups is 1. The van der Waals surface area contributed by atoms with Crippen LogP contribution in [0.1, 0.15) is 26.7 Å². The molecule has 0 atom stereocenters. The Labute approximate surface area is 213 Å². The van der Waals surface area contributed by atoms with Crippen molar-refractivity contribution in [3.8, 4) is 0 Å². The normalized spacial score (nSPS) is 14.7. The van der Waals surface area contributed by atoms with Crippen molar-refractivity contribution < 1.29 is 13.5 Å². The molecule has 2 heterocycles. The smallest absolute Gasteiger partial charge is 0.368 e. The summed E-state index contributed by atoms with van der Waals surface area (Å²) in [5.74, 6) is 0.938. The average Bonchev–Trinajstić information content (AvgIpc) is 3.16. The molecule has 194 valence electrons. The highest BCUT2D eigenvalue weighted by molar-refractivity contribution is 5.76. The minimum Gasteiger partial charge on any atom is -0.368 e. The minimum atomic E-state index is 0.914. The van der Waals surface area contributed by atoms with Crippen LogP contribution in [0.3, 0.4) is 0 Å². The monoisotopic (exact) mass is 485 g/mol. The summed E-state index contributed by atoms with van der Waals surface area (Å²) in [5, 5.41) is 9.56. The van der Waals surface area contributed by atoms with Gasteiger partial charge in [0.1, 0.15) is 5.69 Å². The highest BCUT2D eigenvalue weighted by atomic mass is 15.3. The summed E-state index contributed by atoms with van der Waals surface area (Å²) in [6.07, 6.45) is 6.55. The van der Waals surface area contributed by atoms with Crippen molar-refractivity contribution in [1.82, 2.24) is 4.57 Å². The zero-order valence-corrected chi connectivity index (χ0v) is 23.5. The van der Waals surface area contributed by atoms with E-state index in [4.69, 9.17) is 10.2 Å². The first-order valence-electron chi connectivity index (χ1n) is 13.3. The van der Waals surface area contributed by atoms with Gasteiger partial charge < -0.3 is 18.8 Å². The van der Waals surface area contributed by atoms with E-state index < -0.39 is 0 Å². The van der Waals surface area contributed by atoms with E-state index in [-0.39, 0.29) is 0 Å². The Morgan fingerprint density at radius 2 is 1.46 bits per heavy atom. The van der Waals surface area contributed by atoms with E-state index in [0.717, 1.165) is 85.8 Å². The van der Waals surface area contributed by atoms with Gasteiger partial charge in [-0.1, -0.05) is 5.11 Å². The van der Waals surface area contributed by atoms with Gasteiger partial charge in [-0.05, 0) is 32.0 Å². The third-order valence-corrected chi connectivity index (χ3v) is 6.69. The van der Waals surface area contributed by atoms with E-state index >= 15 is 0 Å². The predicted molar refractivity (Wildman–Crippen MR) is 146 cm³/mol. The van der Waals surface area contributed by atoms with Crippen molar-refractivity contribution in [2.75, 3.05) is 91.4 Å². The summed E-state index contributed by atoms with van der Waals surface area (Å²) in [7, 11) is 13.5.